The van der Waals surface area contributed by atoms with Crippen molar-refractivity contribution in [3.05, 3.63) is 39.5 Å². The van der Waals surface area contributed by atoms with Crippen LogP contribution < -0.4 is 0 Å². The highest BCUT2D eigenvalue weighted by atomic mass is 35.5. The van der Waals surface area contributed by atoms with Crippen LogP contribution in [-0.2, 0) is 0 Å². The normalized spacial score (nSPS) is 10.4. The standard InChI is InChI=1S/C10H5Cl3N2O/c11-6-3-1-5(2-4-6)8-7(12)9(16)10(13)15-14-8/h1-4H,(H,14,16). The lowest BCUT2D eigenvalue weighted by Crippen LogP contribution is -1.90. The molecule has 0 fully saturated rings. The van der Waals surface area contributed by atoms with Crippen molar-refractivity contribution in [2.24, 2.45) is 0 Å². The van der Waals surface area contributed by atoms with E-state index >= 15 is 0 Å². The van der Waals surface area contributed by atoms with Gasteiger partial charge in [-0.1, -0.05) is 46.9 Å². The molecule has 0 aliphatic rings. The van der Waals surface area contributed by atoms with E-state index in [0.29, 0.717) is 16.3 Å². The van der Waals surface area contributed by atoms with E-state index in [1.807, 2.05) is 0 Å². The smallest absolute Gasteiger partial charge is 0.195 e. The molecule has 2 rings (SSSR count). The Bertz CT molecular complexity index is 528. The maximum absolute atomic E-state index is 9.51. The van der Waals surface area contributed by atoms with E-state index in [4.69, 9.17) is 34.8 Å². The summed E-state index contributed by atoms with van der Waals surface area (Å²) in [7, 11) is 0. The van der Waals surface area contributed by atoms with Crippen molar-refractivity contribution in [1.29, 1.82) is 0 Å². The first-order valence-electron chi connectivity index (χ1n) is 4.26. The highest BCUT2D eigenvalue weighted by Crippen LogP contribution is 2.36. The van der Waals surface area contributed by atoms with Gasteiger partial charge >= 0.3 is 0 Å². The van der Waals surface area contributed by atoms with E-state index in [1.54, 1.807) is 24.3 Å². The summed E-state index contributed by atoms with van der Waals surface area (Å²) >= 11 is 17.2. The third kappa shape index (κ3) is 2.07. The predicted molar refractivity (Wildman–Crippen MR) is 64.2 cm³/mol. The Kier molecular flexibility index (Phi) is 3.19. The Morgan fingerprint density at radius 1 is 0.938 bits per heavy atom. The first kappa shape index (κ1) is 11.5. The second-order valence-electron chi connectivity index (χ2n) is 3.01. The summed E-state index contributed by atoms with van der Waals surface area (Å²) in [6, 6.07) is 6.85. The van der Waals surface area contributed by atoms with E-state index < -0.39 is 0 Å². The highest BCUT2D eigenvalue weighted by molar-refractivity contribution is 6.37. The molecule has 3 nitrogen and oxygen atoms in total. The van der Waals surface area contributed by atoms with Crippen LogP contribution in [0.5, 0.6) is 5.75 Å². The Hall–Kier alpha value is -1.03. The quantitative estimate of drug-likeness (QED) is 0.861. The van der Waals surface area contributed by atoms with Crippen LogP contribution in [0.1, 0.15) is 0 Å². The van der Waals surface area contributed by atoms with Crippen molar-refractivity contribution in [2.75, 3.05) is 0 Å². The van der Waals surface area contributed by atoms with Crippen molar-refractivity contribution in [3.8, 4) is 17.0 Å². The number of nitrogens with zero attached hydrogens (tertiary/aromatic N) is 2. The summed E-state index contributed by atoms with van der Waals surface area (Å²) in [5.41, 5.74) is 1.06. The number of benzene rings is 1. The zero-order valence-electron chi connectivity index (χ0n) is 7.78. The van der Waals surface area contributed by atoms with Gasteiger partial charge in [-0.15, -0.1) is 10.2 Å². The van der Waals surface area contributed by atoms with Crippen LogP contribution in [0.2, 0.25) is 15.2 Å². The fourth-order valence-corrected chi connectivity index (χ4v) is 1.72. The van der Waals surface area contributed by atoms with Crippen LogP contribution >= 0.6 is 34.8 Å². The minimum Gasteiger partial charge on any atom is -0.504 e. The largest absolute Gasteiger partial charge is 0.504 e. The van der Waals surface area contributed by atoms with Crippen molar-refractivity contribution in [1.82, 2.24) is 10.2 Å². The number of halogens is 3. The summed E-state index contributed by atoms with van der Waals surface area (Å²) in [5, 5.41) is 17.5. The minimum atomic E-state index is -0.275. The maximum atomic E-state index is 9.51. The lowest BCUT2D eigenvalue weighted by atomic mass is 10.1. The van der Waals surface area contributed by atoms with E-state index in [-0.39, 0.29) is 15.9 Å². The van der Waals surface area contributed by atoms with Crippen LogP contribution in [-0.4, -0.2) is 15.3 Å². The van der Waals surface area contributed by atoms with Crippen LogP contribution in [0.4, 0.5) is 0 Å². The third-order valence-electron chi connectivity index (χ3n) is 1.97. The van der Waals surface area contributed by atoms with Gasteiger partial charge in [0.2, 0.25) is 0 Å². The van der Waals surface area contributed by atoms with Gasteiger partial charge in [0, 0.05) is 10.6 Å². The molecule has 1 N–H and O–H groups in total. The van der Waals surface area contributed by atoms with Gasteiger partial charge in [-0.25, -0.2) is 0 Å². The molecule has 6 heteroatoms. The number of aromatic hydroxyl groups is 1. The van der Waals surface area contributed by atoms with Gasteiger partial charge in [0.15, 0.2) is 10.9 Å². The minimum absolute atomic E-state index is 0.0716. The molecule has 1 aromatic heterocycles. The molecule has 1 aromatic carbocycles. The number of aromatic nitrogens is 2. The first-order chi connectivity index (χ1) is 7.59. The average molecular weight is 276 g/mol. The molecular formula is C10H5Cl3N2O. The Labute approximate surface area is 107 Å². The highest BCUT2D eigenvalue weighted by Gasteiger charge is 2.13. The number of hydrogen-bond donors (Lipinski definition) is 1. The van der Waals surface area contributed by atoms with Gasteiger partial charge in [0.1, 0.15) is 10.7 Å². The lowest BCUT2D eigenvalue weighted by molar-refractivity contribution is 0.471. The molecular weight excluding hydrogens is 270 g/mol. The summed E-state index contributed by atoms with van der Waals surface area (Å²) < 4.78 is 0. The molecule has 16 heavy (non-hydrogen) atoms. The molecule has 0 saturated carbocycles. The van der Waals surface area contributed by atoms with Crippen LogP contribution in [0.15, 0.2) is 24.3 Å². The molecule has 0 bridgehead atoms. The predicted octanol–water partition coefficient (Wildman–Crippen LogP) is 3.81. The van der Waals surface area contributed by atoms with Gasteiger partial charge < -0.3 is 5.11 Å². The molecule has 0 unspecified atom stereocenters. The third-order valence-corrected chi connectivity index (χ3v) is 2.83. The molecule has 2 aromatic rings. The molecule has 0 amide bonds. The molecule has 0 atom stereocenters. The van der Waals surface area contributed by atoms with Gasteiger partial charge in [-0.2, -0.15) is 0 Å². The summed E-state index contributed by atoms with van der Waals surface area (Å²) in [4.78, 5) is 0. The summed E-state index contributed by atoms with van der Waals surface area (Å²) in [6.45, 7) is 0. The fourth-order valence-electron chi connectivity index (χ4n) is 1.18. The van der Waals surface area contributed by atoms with Gasteiger partial charge in [-0.3, -0.25) is 0 Å². The average Bonchev–Trinajstić information content (AvgIpc) is 2.28. The zero-order chi connectivity index (χ0) is 11.7. The topological polar surface area (TPSA) is 46.0 Å². The molecule has 0 aliphatic carbocycles. The second kappa shape index (κ2) is 4.45. The SMILES string of the molecule is Oc1c(Cl)nnc(-c2ccc(Cl)cc2)c1Cl. The second-order valence-corrected chi connectivity index (χ2v) is 4.18. The van der Waals surface area contributed by atoms with Crippen LogP contribution in [0.3, 0.4) is 0 Å². The lowest BCUT2D eigenvalue weighted by Gasteiger charge is -2.05. The van der Waals surface area contributed by atoms with E-state index in [0.717, 1.165) is 0 Å². The summed E-state index contributed by atoms with van der Waals surface area (Å²) in [5.74, 6) is -0.275. The monoisotopic (exact) mass is 274 g/mol. The van der Waals surface area contributed by atoms with Crippen molar-refractivity contribution >= 4 is 34.8 Å². The van der Waals surface area contributed by atoms with E-state index in [2.05, 4.69) is 10.2 Å². The van der Waals surface area contributed by atoms with E-state index in [9.17, 15) is 5.11 Å². The zero-order valence-corrected chi connectivity index (χ0v) is 10.1. The molecule has 0 radical (unpaired) electrons. The molecule has 0 saturated heterocycles. The Morgan fingerprint density at radius 3 is 2.19 bits per heavy atom. The summed E-state index contributed by atoms with van der Waals surface area (Å²) in [6.07, 6.45) is 0. The van der Waals surface area contributed by atoms with E-state index in [1.165, 1.54) is 0 Å². The maximum Gasteiger partial charge on any atom is 0.195 e. The van der Waals surface area contributed by atoms with Crippen LogP contribution in [0.25, 0.3) is 11.3 Å². The molecule has 0 spiro atoms. The Balaban J connectivity index is 2.57. The molecule has 1 heterocycles. The number of hydrogen-bond acceptors (Lipinski definition) is 3. The van der Waals surface area contributed by atoms with Crippen molar-refractivity contribution < 1.29 is 5.11 Å². The molecule has 82 valence electrons. The fraction of sp³-hybridized carbons (Fsp3) is 0. The van der Waals surface area contributed by atoms with Gasteiger partial charge in [0.05, 0.1) is 0 Å². The van der Waals surface area contributed by atoms with Crippen LogP contribution in [0, 0.1) is 0 Å². The van der Waals surface area contributed by atoms with Crippen molar-refractivity contribution in [2.45, 2.75) is 0 Å². The van der Waals surface area contributed by atoms with Gasteiger partial charge in [0.25, 0.3) is 0 Å². The molecule has 0 aliphatic heterocycles. The number of rotatable bonds is 1. The Morgan fingerprint density at radius 2 is 1.56 bits per heavy atom. The van der Waals surface area contributed by atoms with Crippen molar-refractivity contribution in [3.63, 3.8) is 0 Å². The first-order valence-corrected chi connectivity index (χ1v) is 5.39. The van der Waals surface area contributed by atoms with Gasteiger partial charge in [-0.05, 0) is 12.1 Å².